The summed E-state index contributed by atoms with van der Waals surface area (Å²) in [5.74, 6) is -1.04. The number of halogens is 3. The summed E-state index contributed by atoms with van der Waals surface area (Å²) in [6, 6.07) is 10.7. The first-order valence-electron chi connectivity index (χ1n) is 5.09. The Hall–Kier alpha value is -1.94. The molecule has 0 atom stereocenters. The molecule has 2 rings (SSSR count). The van der Waals surface area contributed by atoms with E-state index in [4.69, 9.17) is 11.6 Å². The molecule has 0 saturated heterocycles. The molecule has 0 fully saturated rings. The van der Waals surface area contributed by atoms with E-state index in [0.29, 0.717) is 5.69 Å². The van der Waals surface area contributed by atoms with E-state index in [1.807, 2.05) is 0 Å². The number of hydrogen-bond donors (Lipinski definition) is 0. The first-order chi connectivity index (χ1) is 8.59. The van der Waals surface area contributed by atoms with Crippen molar-refractivity contribution in [3.05, 3.63) is 60.2 Å². The molecule has 0 aliphatic heterocycles. The predicted molar refractivity (Wildman–Crippen MR) is 66.2 cm³/mol. The molecule has 2 nitrogen and oxygen atoms in total. The molecule has 18 heavy (non-hydrogen) atoms. The van der Waals surface area contributed by atoms with Gasteiger partial charge < -0.3 is 0 Å². The summed E-state index contributed by atoms with van der Waals surface area (Å²) in [5, 5.41) is -0.869. The standard InChI is InChI=1S/C13H8ClF2NO/c14-13(18)17(10-7-5-9(15)6-8-10)12-4-2-1-3-11(12)16/h1-8H. The van der Waals surface area contributed by atoms with E-state index in [2.05, 4.69) is 0 Å². The van der Waals surface area contributed by atoms with Gasteiger partial charge in [-0.25, -0.2) is 8.78 Å². The third-order valence-corrected chi connectivity index (χ3v) is 2.52. The lowest BCUT2D eigenvalue weighted by Gasteiger charge is -2.20. The molecule has 0 spiro atoms. The number of carbonyl (C=O) groups is 1. The van der Waals surface area contributed by atoms with Gasteiger partial charge in [0.25, 0.3) is 0 Å². The second-order valence-corrected chi connectivity index (χ2v) is 3.84. The van der Waals surface area contributed by atoms with E-state index in [9.17, 15) is 13.6 Å². The summed E-state index contributed by atoms with van der Waals surface area (Å²) in [4.78, 5) is 12.4. The lowest BCUT2D eigenvalue weighted by Crippen LogP contribution is -2.20. The first-order valence-corrected chi connectivity index (χ1v) is 5.47. The minimum atomic E-state index is -0.869. The van der Waals surface area contributed by atoms with Gasteiger partial charge in [-0.05, 0) is 48.0 Å². The van der Waals surface area contributed by atoms with Crippen LogP contribution in [0, 0.1) is 11.6 Å². The van der Waals surface area contributed by atoms with Gasteiger partial charge in [0, 0.05) is 0 Å². The van der Waals surface area contributed by atoms with Crippen LogP contribution in [0.1, 0.15) is 0 Å². The predicted octanol–water partition coefficient (Wildman–Crippen LogP) is 4.46. The first kappa shape index (κ1) is 12.5. The zero-order chi connectivity index (χ0) is 13.1. The molecule has 0 aliphatic carbocycles. The minimum Gasteiger partial charge on any atom is -0.265 e. The molecule has 0 saturated carbocycles. The van der Waals surface area contributed by atoms with Crippen LogP contribution in [0.2, 0.25) is 0 Å². The summed E-state index contributed by atoms with van der Waals surface area (Å²) >= 11 is 5.45. The van der Waals surface area contributed by atoms with E-state index in [1.165, 1.54) is 42.5 Å². The second-order valence-electron chi connectivity index (χ2n) is 3.52. The van der Waals surface area contributed by atoms with E-state index < -0.39 is 17.0 Å². The topological polar surface area (TPSA) is 20.3 Å². The number of rotatable bonds is 2. The van der Waals surface area contributed by atoms with Crippen molar-refractivity contribution in [3.63, 3.8) is 0 Å². The summed E-state index contributed by atoms with van der Waals surface area (Å²) in [6.45, 7) is 0. The molecule has 5 heteroatoms. The molecule has 0 bridgehead atoms. The third-order valence-electron chi connectivity index (χ3n) is 2.35. The van der Waals surface area contributed by atoms with Crippen molar-refractivity contribution in [2.24, 2.45) is 0 Å². The van der Waals surface area contributed by atoms with Gasteiger partial charge in [0.05, 0.1) is 11.4 Å². The Kier molecular flexibility index (Phi) is 3.58. The molecular formula is C13H8ClF2NO. The Balaban J connectivity index is 2.50. The monoisotopic (exact) mass is 267 g/mol. The lowest BCUT2D eigenvalue weighted by atomic mass is 10.2. The highest BCUT2D eigenvalue weighted by molar-refractivity contribution is 6.66. The van der Waals surface area contributed by atoms with Crippen LogP contribution in [-0.4, -0.2) is 5.37 Å². The highest BCUT2D eigenvalue weighted by Gasteiger charge is 2.18. The SMILES string of the molecule is O=C(Cl)N(c1ccc(F)cc1)c1ccccc1F. The van der Waals surface area contributed by atoms with Crippen molar-refractivity contribution in [1.29, 1.82) is 0 Å². The van der Waals surface area contributed by atoms with Gasteiger partial charge in [-0.3, -0.25) is 9.69 Å². The fraction of sp³-hybridized carbons (Fsp3) is 0. The quantitative estimate of drug-likeness (QED) is 0.581. The molecule has 0 unspecified atom stereocenters. The van der Waals surface area contributed by atoms with Crippen LogP contribution in [0.3, 0.4) is 0 Å². The van der Waals surface area contributed by atoms with Crippen LogP contribution < -0.4 is 4.90 Å². The number of benzene rings is 2. The zero-order valence-corrected chi connectivity index (χ0v) is 9.86. The number of nitrogens with zero attached hydrogens (tertiary/aromatic N) is 1. The molecule has 2 aromatic rings. The average Bonchev–Trinajstić information content (AvgIpc) is 2.34. The highest BCUT2D eigenvalue weighted by Crippen LogP contribution is 2.29. The summed E-state index contributed by atoms with van der Waals surface area (Å²) < 4.78 is 26.5. The van der Waals surface area contributed by atoms with Crippen LogP contribution in [0.4, 0.5) is 25.0 Å². The fourth-order valence-electron chi connectivity index (χ4n) is 1.56. The van der Waals surface area contributed by atoms with Crippen molar-refractivity contribution in [3.8, 4) is 0 Å². The maximum atomic E-state index is 13.6. The third kappa shape index (κ3) is 2.49. The van der Waals surface area contributed by atoms with Crippen LogP contribution >= 0.6 is 11.6 Å². The van der Waals surface area contributed by atoms with Gasteiger partial charge in [-0.2, -0.15) is 0 Å². The van der Waals surface area contributed by atoms with E-state index >= 15 is 0 Å². The van der Waals surface area contributed by atoms with Crippen LogP contribution in [-0.2, 0) is 0 Å². The Bertz CT molecular complexity index is 571. The maximum Gasteiger partial charge on any atom is 0.325 e. The number of para-hydroxylation sites is 1. The smallest absolute Gasteiger partial charge is 0.265 e. The zero-order valence-electron chi connectivity index (χ0n) is 9.11. The summed E-state index contributed by atoms with van der Waals surface area (Å²) in [5.41, 5.74) is 0.311. The lowest BCUT2D eigenvalue weighted by molar-refractivity contribution is 0.266. The van der Waals surface area contributed by atoms with Crippen molar-refractivity contribution in [2.45, 2.75) is 0 Å². The molecule has 0 aliphatic rings. The van der Waals surface area contributed by atoms with Crippen LogP contribution in [0.25, 0.3) is 0 Å². The number of carbonyl (C=O) groups excluding carboxylic acids is 1. The van der Waals surface area contributed by atoms with Gasteiger partial charge in [0.2, 0.25) is 0 Å². The molecule has 0 aromatic heterocycles. The Morgan fingerprint density at radius 1 is 1.00 bits per heavy atom. The van der Waals surface area contributed by atoms with E-state index in [0.717, 1.165) is 4.90 Å². The van der Waals surface area contributed by atoms with Crippen molar-refractivity contribution < 1.29 is 13.6 Å². The number of hydrogen-bond acceptors (Lipinski definition) is 1. The molecule has 2 aromatic carbocycles. The molecule has 0 radical (unpaired) electrons. The summed E-state index contributed by atoms with van der Waals surface area (Å²) in [7, 11) is 0. The largest absolute Gasteiger partial charge is 0.325 e. The van der Waals surface area contributed by atoms with E-state index in [1.54, 1.807) is 6.07 Å². The van der Waals surface area contributed by atoms with Gasteiger partial charge in [0.15, 0.2) is 0 Å². The average molecular weight is 268 g/mol. The summed E-state index contributed by atoms with van der Waals surface area (Å²) in [6.07, 6.45) is 0. The maximum absolute atomic E-state index is 13.6. The molecule has 1 amide bonds. The fourth-order valence-corrected chi connectivity index (χ4v) is 1.75. The van der Waals surface area contributed by atoms with Crippen LogP contribution in [0.5, 0.6) is 0 Å². The van der Waals surface area contributed by atoms with Crippen molar-refractivity contribution in [1.82, 2.24) is 0 Å². The second kappa shape index (κ2) is 5.14. The number of amides is 1. The number of anilines is 2. The van der Waals surface area contributed by atoms with E-state index in [-0.39, 0.29) is 5.69 Å². The minimum absolute atomic E-state index is 0.0177. The molecule has 0 heterocycles. The molecular weight excluding hydrogens is 260 g/mol. The van der Waals surface area contributed by atoms with Crippen molar-refractivity contribution in [2.75, 3.05) is 4.90 Å². The van der Waals surface area contributed by atoms with Gasteiger partial charge in [0.1, 0.15) is 11.6 Å². The molecule has 92 valence electrons. The van der Waals surface area contributed by atoms with Gasteiger partial charge in [-0.15, -0.1) is 0 Å². The van der Waals surface area contributed by atoms with Crippen molar-refractivity contribution >= 4 is 28.3 Å². The van der Waals surface area contributed by atoms with Gasteiger partial charge in [-0.1, -0.05) is 12.1 Å². The molecule has 0 N–H and O–H groups in total. The highest BCUT2D eigenvalue weighted by atomic mass is 35.5. The normalized spacial score (nSPS) is 10.2. The Morgan fingerprint density at radius 2 is 1.61 bits per heavy atom. The van der Waals surface area contributed by atoms with Crippen LogP contribution in [0.15, 0.2) is 48.5 Å². The Morgan fingerprint density at radius 3 is 2.17 bits per heavy atom. The van der Waals surface area contributed by atoms with Gasteiger partial charge >= 0.3 is 5.37 Å². The Labute approximate surface area is 107 Å².